The minimum absolute atomic E-state index is 0.501. The lowest BCUT2D eigenvalue weighted by Crippen LogP contribution is -2.48. The molecule has 1 aromatic heterocycles. The van der Waals surface area contributed by atoms with Gasteiger partial charge in [-0.05, 0) is 6.07 Å². The van der Waals surface area contributed by atoms with Gasteiger partial charge in [0.1, 0.15) is 0 Å². The molecule has 0 bridgehead atoms. The van der Waals surface area contributed by atoms with Crippen LogP contribution in [0, 0.1) is 0 Å². The van der Waals surface area contributed by atoms with Gasteiger partial charge in [-0.2, -0.15) is 4.31 Å². The van der Waals surface area contributed by atoms with Crippen molar-refractivity contribution in [1.82, 2.24) is 9.29 Å². The molecule has 0 radical (unpaired) electrons. The topological polar surface area (TPSA) is 79.5 Å². The monoisotopic (exact) mass is 256 g/mol. The number of piperazine rings is 1. The van der Waals surface area contributed by atoms with Gasteiger partial charge in [0, 0.05) is 32.4 Å². The minimum Gasteiger partial charge on any atom is -0.396 e. The number of sulfonamides is 1. The molecule has 7 heteroatoms. The Morgan fingerprint density at radius 2 is 1.94 bits per heavy atom. The standard InChI is InChI=1S/C10H16N4O2S/c1-17(15,16)14-6-4-13(5-7-14)10-2-3-12-8-9(10)11/h2-3,8H,4-7,11H2,1H3. The van der Waals surface area contributed by atoms with Gasteiger partial charge in [-0.25, -0.2) is 8.42 Å². The third kappa shape index (κ3) is 2.67. The molecule has 2 heterocycles. The second kappa shape index (κ2) is 4.50. The second-order valence-corrected chi connectivity index (χ2v) is 6.07. The number of hydrogen-bond donors (Lipinski definition) is 1. The Morgan fingerprint density at radius 3 is 2.47 bits per heavy atom. The summed E-state index contributed by atoms with van der Waals surface area (Å²) >= 11 is 0. The predicted molar refractivity (Wildman–Crippen MR) is 67.3 cm³/mol. The summed E-state index contributed by atoms with van der Waals surface area (Å²) in [4.78, 5) is 6.02. The molecule has 0 atom stereocenters. The molecule has 2 rings (SSSR count). The Hall–Kier alpha value is -1.34. The summed E-state index contributed by atoms with van der Waals surface area (Å²) < 4.78 is 24.2. The van der Waals surface area contributed by atoms with E-state index in [9.17, 15) is 8.42 Å². The van der Waals surface area contributed by atoms with E-state index in [0.717, 1.165) is 5.69 Å². The lowest BCUT2D eigenvalue weighted by atomic mass is 10.2. The SMILES string of the molecule is CS(=O)(=O)N1CCN(c2ccncc2N)CC1. The van der Waals surface area contributed by atoms with Crippen LogP contribution in [-0.4, -0.2) is 50.1 Å². The first-order chi connectivity index (χ1) is 7.98. The van der Waals surface area contributed by atoms with Crippen LogP contribution in [0.5, 0.6) is 0 Å². The Morgan fingerprint density at radius 1 is 1.29 bits per heavy atom. The van der Waals surface area contributed by atoms with Crippen molar-refractivity contribution in [1.29, 1.82) is 0 Å². The van der Waals surface area contributed by atoms with E-state index in [1.54, 1.807) is 12.4 Å². The summed E-state index contributed by atoms with van der Waals surface area (Å²) in [6.45, 7) is 2.31. The smallest absolute Gasteiger partial charge is 0.211 e. The number of nitrogens with two attached hydrogens (primary N) is 1. The van der Waals surface area contributed by atoms with Gasteiger partial charge in [-0.3, -0.25) is 4.98 Å². The molecule has 1 saturated heterocycles. The highest BCUT2D eigenvalue weighted by Gasteiger charge is 2.24. The first-order valence-corrected chi connectivity index (χ1v) is 7.23. The third-order valence-electron chi connectivity index (χ3n) is 2.88. The molecule has 1 fully saturated rings. The molecule has 0 spiro atoms. The van der Waals surface area contributed by atoms with E-state index in [-0.39, 0.29) is 0 Å². The number of aromatic nitrogens is 1. The molecule has 1 aliphatic heterocycles. The van der Waals surface area contributed by atoms with E-state index in [1.165, 1.54) is 10.6 Å². The van der Waals surface area contributed by atoms with Gasteiger partial charge in [0.25, 0.3) is 0 Å². The van der Waals surface area contributed by atoms with E-state index < -0.39 is 10.0 Å². The van der Waals surface area contributed by atoms with Crippen molar-refractivity contribution in [2.24, 2.45) is 0 Å². The Bertz CT molecular complexity index is 495. The molecule has 94 valence electrons. The molecule has 0 unspecified atom stereocenters. The lowest BCUT2D eigenvalue weighted by Gasteiger charge is -2.35. The van der Waals surface area contributed by atoms with E-state index in [2.05, 4.69) is 9.88 Å². The van der Waals surface area contributed by atoms with Crippen molar-refractivity contribution < 1.29 is 8.42 Å². The van der Waals surface area contributed by atoms with Crippen molar-refractivity contribution in [3.05, 3.63) is 18.5 Å². The van der Waals surface area contributed by atoms with Crippen LogP contribution in [0.4, 0.5) is 11.4 Å². The highest BCUT2D eigenvalue weighted by atomic mass is 32.2. The number of nitrogens with zero attached hydrogens (tertiary/aromatic N) is 3. The fraction of sp³-hybridized carbons (Fsp3) is 0.500. The maximum absolute atomic E-state index is 11.4. The summed E-state index contributed by atoms with van der Waals surface area (Å²) in [6.07, 6.45) is 4.54. The van der Waals surface area contributed by atoms with Crippen LogP contribution in [0.3, 0.4) is 0 Å². The number of pyridine rings is 1. The predicted octanol–water partition coefficient (Wildman–Crippen LogP) is -0.255. The molecule has 0 amide bonds. The Kier molecular flexibility index (Phi) is 3.21. The maximum atomic E-state index is 11.4. The number of hydrogen-bond acceptors (Lipinski definition) is 5. The summed E-state index contributed by atoms with van der Waals surface area (Å²) in [5.41, 5.74) is 7.39. The van der Waals surface area contributed by atoms with Crippen molar-refractivity contribution in [2.75, 3.05) is 43.1 Å². The molecule has 1 aliphatic rings. The zero-order chi connectivity index (χ0) is 12.5. The average molecular weight is 256 g/mol. The van der Waals surface area contributed by atoms with Crippen LogP contribution < -0.4 is 10.6 Å². The number of nitrogen functional groups attached to an aromatic ring is 1. The normalized spacial score (nSPS) is 18.3. The van der Waals surface area contributed by atoms with Gasteiger partial charge in [-0.15, -0.1) is 0 Å². The molecular formula is C10H16N4O2S. The van der Waals surface area contributed by atoms with Gasteiger partial charge < -0.3 is 10.6 Å². The van der Waals surface area contributed by atoms with Crippen LogP contribution in [0.25, 0.3) is 0 Å². The second-order valence-electron chi connectivity index (χ2n) is 4.08. The van der Waals surface area contributed by atoms with Gasteiger partial charge in [0.05, 0.1) is 23.8 Å². The van der Waals surface area contributed by atoms with Crippen LogP contribution in [-0.2, 0) is 10.0 Å². The Balaban J connectivity index is 2.08. The van der Waals surface area contributed by atoms with Gasteiger partial charge in [0.2, 0.25) is 10.0 Å². The van der Waals surface area contributed by atoms with E-state index >= 15 is 0 Å². The summed E-state index contributed by atoms with van der Waals surface area (Å²) in [5.74, 6) is 0. The van der Waals surface area contributed by atoms with E-state index in [4.69, 9.17) is 5.73 Å². The number of anilines is 2. The fourth-order valence-corrected chi connectivity index (χ4v) is 2.77. The molecule has 2 N–H and O–H groups in total. The van der Waals surface area contributed by atoms with Gasteiger partial charge >= 0.3 is 0 Å². The zero-order valence-electron chi connectivity index (χ0n) is 9.70. The summed E-state index contributed by atoms with van der Waals surface area (Å²) in [6, 6.07) is 1.85. The van der Waals surface area contributed by atoms with Gasteiger partial charge in [-0.1, -0.05) is 0 Å². The van der Waals surface area contributed by atoms with Crippen molar-refractivity contribution in [3.8, 4) is 0 Å². The van der Waals surface area contributed by atoms with Crippen molar-refractivity contribution >= 4 is 21.4 Å². The Labute approximate surface area is 101 Å². The molecule has 0 aromatic carbocycles. The van der Waals surface area contributed by atoms with Crippen LogP contribution in [0.15, 0.2) is 18.5 Å². The minimum atomic E-state index is -3.08. The van der Waals surface area contributed by atoms with E-state index in [1.807, 2.05) is 6.07 Å². The molecular weight excluding hydrogens is 240 g/mol. The zero-order valence-corrected chi connectivity index (χ0v) is 10.5. The summed E-state index contributed by atoms with van der Waals surface area (Å²) in [5, 5.41) is 0. The highest BCUT2D eigenvalue weighted by molar-refractivity contribution is 7.88. The molecule has 6 nitrogen and oxygen atoms in total. The molecule has 0 aliphatic carbocycles. The van der Waals surface area contributed by atoms with E-state index in [0.29, 0.717) is 31.9 Å². The molecule has 0 saturated carbocycles. The van der Waals surface area contributed by atoms with Crippen LogP contribution in [0.1, 0.15) is 0 Å². The highest BCUT2D eigenvalue weighted by Crippen LogP contribution is 2.22. The van der Waals surface area contributed by atoms with Crippen LogP contribution in [0.2, 0.25) is 0 Å². The maximum Gasteiger partial charge on any atom is 0.211 e. The lowest BCUT2D eigenvalue weighted by molar-refractivity contribution is 0.388. The first kappa shape index (κ1) is 12.1. The van der Waals surface area contributed by atoms with Crippen molar-refractivity contribution in [3.63, 3.8) is 0 Å². The fourth-order valence-electron chi connectivity index (χ4n) is 1.95. The first-order valence-electron chi connectivity index (χ1n) is 5.38. The average Bonchev–Trinajstić information content (AvgIpc) is 2.29. The van der Waals surface area contributed by atoms with Crippen molar-refractivity contribution in [2.45, 2.75) is 0 Å². The summed E-state index contributed by atoms with van der Waals surface area (Å²) in [7, 11) is -3.08. The molecule has 1 aromatic rings. The molecule has 17 heavy (non-hydrogen) atoms. The quantitative estimate of drug-likeness (QED) is 0.789. The number of rotatable bonds is 2. The largest absolute Gasteiger partial charge is 0.396 e. The van der Waals surface area contributed by atoms with Gasteiger partial charge in [0.15, 0.2) is 0 Å². The third-order valence-corrected chi connectivity index (χ3v) is 4.18. The van der Waals surface area contributed by atoms with Crippen LogP contribution >= 0.6 is 0 Å².